The van der Waals surface area contributed by atoms with Crippen LogP contribution in [-0.2, 0) is 0 Å². The highest BCUT2D eigenvalue weighted by Crippen LogP contribution is 2.21. The summed E-state index contributed by atoms with van der Waals surface area (Å²) in [6.07, 6.45) is 0. The molecular weight excluding hydrogens is 278 g/mol. The van der Waals surface area contributed by atoms with Crippen LogP contribution in [0.4, 0.5) is 0 Å². The van der Waals surface area contributed by atoms with Crippen LogP contribution in [0.3, 0.4) is 0 Å². The highest BCUT2D eigenvalue weighted by Gasteiger charge is 2.04. The van der Waals surface area contributed by atoms with E-state index in [4.69, 9.17) is 4.74 Å². The first kappa shape index (κ1) is 16.5. The zero-order chi connectivity index (χ0) is 12.0. The molecule has 0 atom stereocenters. The Kier molecular flexibility index (Phi) is 8.26. The fraction of sp³-hybridized carbons (Fsp3) is 0.571. The van der Waals surface area contributed by atoms with E-state index in [2.05, 4.69) is 50.8 Å². The van der Waals surface area contributed by atoms with Crippen LogP contribution in [0.1, 0.15) is 25.0 Å². The summed E-state index contributed by atoms with van der Waals surface area (Å²) in [5.74, 6) is 1.05. The predicted molar refractivity (Wildman–Crippen MR) is 79.5 cm³/mol. The minimum atomic E-state index is 0. The lowest BCUT2D eigenvalue weighted by molar-refractivity contribution is 0.221. The fourth-order valence-corrected chi connectivity index (χ4v) is 1.84. The van der Waals surface area contributed by atoms with E-state index >= 15 is 0 Å². The number of hydrogen-bond donors (Lipinski definition) is 0. The van der Waals surface area contributed by atoms with Crippen LogP contribution in [0.5, 0.6) is 5.75 Å². The number of ether oxygens (including phenoxy) is 1. The second-order valence-electron chi connectivity index (χ2n) is 4.10. The molecule has 0 aliphatic heterocycles. The monoisotopic (exact) mass is 301 g/mol. The lowest BCUT2D eigenvalue weighted by atomic mass is 10.1. The molecule has 2 nitrogen and oxygen atoms in total. The van der Waals surface area contributed by atoms with Crippen molar-refractivity contribution in [2.24, 2.45) is 0 Å². The lowest BCUT2D eigenvalue weighted by Gasteiger charge is -2.19. The molecule has 17 heavy (non-hydrogen) atoms. The smallest absolute Gasteiger partial charge is 0.125 e. The molecule has 1 aromatic carbocycles. The van der Waals surface area contributed by atoms with Gasteiger partial charge in [-0.05, 0) is 38.1 Å². The topological polar surface area (TPSA) is 12.5 Å². The van der Waals surface area contributed by atoms with Crippen molar-refractivity contribution in [3.05, 3.63) is 29.3 Å². The highest BCUT2D eigenvalue weighted by molar-refractivity contribution is 8.93. The Hall–Kier alpha value is -0.540. The molecule has 0 spiro atoms. The van der Waals surface area contributed by atoms with Gasteiger partial charge in [-0.15, -0.1) is 17.0 Å². The summed E-state index contributed by atoms with van der Waals surface area (Å²) < 4.78 is 5.86. The molecule has 0 bridgehead atoms. The molecule has 0 unspecified atom stereocenters. The average Bonchev–Trinajstić information content (AvgIpc) is 2.28. The first-order chi connectivity index (χ1) is 7.69. The van der Waals surface area contributed by atoms with E-state index in [1.807, 2.05) is 0 Å². The molecule has 0 aliphatic rings. The summed E-state index contributed by atoms with van der Waals surface area (Å²) in [6, 6.07) is 6.27. The number of likely N-dealkylation sites (N-methyl/N-ethyl adjacent to an activating group) is 1. The summed E-state index contributed by atoms with van der Waals surface area (Å²) >= 11 is 0. The first-order valence-electron chi connectivity index (χ1n) is 6.10. The summed E-state index contributed by atoms with van der Waals surface area (Å²) in [4.78, 5) is 2.37. The number of para-hydroxylation sites is 1. The Balaban J connectivity index is 0.00000256. The van der Waals surface area contributed by atoms with Gasteiger partial charge in [0.1, 0.15) is 12.4 Å². The number of benzene rings is 1. The van der Waals surface area contributed by atoms with Crippen LogP contribution in [0, 0.1) is 13.8 Å². The average molecular weight is 302 g/mol. The Bertz CT molecular complexity index is 304. The van der Waals surface area contributed by atoms with Gasteiger partial charge in [0.15, 0.2) is 0 Å². The summed E-state index contributed by atoms with van der Waals surface area (Å²) in [7, 11) is 0. The summed E-state index contributed by atoms with van der Waals surface area (Å²) in [5, 5.41) is 0. The van der Waals surface area contributed by atoms with Gasteiger partial charge in [-0.2, -0.15) is 0 Å². The Morgan fingerprint density at radius 1 is 1.06 bits per heavy atom. The first-order valence-corrected chi connectivity index (χ1v) is 6.10. The van der Waals surface area contributed by atoms with E-state index in [9.17, 15) is 0 Å². The maximum Gasteiger partial charge on any atom is 0.125 e. The third kappa shape index (κ3) is 5.09. The third-order valence-corrected chi connectivity index (χ3v) is 2.96. The molecule has 98 valence electrons. The molecule has 0 fully saturated rings. The molecular formula is C14H24BrNO. The van der Waals surface area contributed by atoms with E-state index in [0.29, 0.717) is 0 Å². The largest absolute Gasteiger partial charge is 0.492 e. The number of rotatable bonds is 6. The van der Waals surface area contributed by atoms with Gasteiger partial charge in [0.2, 0.25) is 0 Å². The van der Waals surface area contributed by atoms with Crippen molar-refractivity contribution in [2.75, 3.05) is 26.2 Å². The number of nitrogens with zero attached hydrogens (tertiary/aromatic N) is 1. The summed E-state index contributed by atoms with van der Waals surface area (Å²) in [5.41, 5.74) is 2.44. The molecule has 0 saturated heterocycles. The van der Waals surface area contributed by atoms with Gasteiger partial charge < -0.3 is 9.64 Å². The molecule has 3 heteroatoms. The molecule has 1 rings (SSSR count). The molecule has 0 aliphatic carbocycles. The van der Waals surface area contributed by atoms with Crippen LogP contribution in [-0.4, -0.2) is 31.1 Å². The summed E-state index contributed by atoms with van der Waals surface area (Å²) in [6.45, 7) is 12.5. The molecule has 0 radical (unpaired) electrons. The Morgan fingerprint density at radius 2 is 1.59 bits per heavy atom. The van der Waals surface area contributed by atoms with Crippen LogP contribution in [0.15, 0.2) is 18.2 Å². The molecule has 0 aromatic heterocycles. The molecule has 0 amide bonds. The van der Waals surface area contributed by atoms with Crippen molar-refractivity contribution in [1.82, 2.24) is 4.90 Å². The van der Waals surface area contributed by atoms with Crippen molar-refractivity contribution in [2.45, 2.75) is 27.7 Å². The number of aryl methyl sites for hydroxylation is 2. The van der Waals surface area contributed by atoms with Gasteiger partial charge >= 0.3 is 0 Å². The third-order valence-electron chi connectivity index (χ3n) is 2.96. The highest BCUT2D eigenvalue weighted by atomic mass is 79.9. The van der Waals surface area contributed by atoms with Crippen molar-refractivity contribution in [3.63, 3.8) is 0 Å². The SMILES string of the molecule is Br.CCN(CC)CCOc1c(C)cccc1C. The van der Waals surface area contributed by atoms with Gasteiger partial charge in [-0.3, -0.25) is 0 Å². The second-order valence-corrected chi connectivity index (χ2v) is 4.10. The van der Waals surface area contributed by atoms with Gasteiger partial charge in [0.25, 0.3) is 0 Å². The van der Waals surface area contributed by atoms with Crippen molar-refractivity contribution >= 4 is 17.0 Å². The van der Waals surface area contributed by atoms with Crippen LogP contribution in [0.25, 0.3) is 0 Å². The zero-order valence-electron chi connectivity index (χ0n) is 11.3. The van der Waals surface area contributed by atoms with Crippen molar-refractivity contribution in [1.29, 1.82) is 0 Å². The number of halogens is 1. The van der Waals surface area contributed by atoms with Gasteiger partial charge in [0, 0.05) is 6.54 Å². The number of hydrogen-bond acceptors (Lipinski definition) is 2. The van der Waals surface area contributed by atoms with E-state index in [-0.39, 0.29) is 17.0 Å². The molecule has 0 N–H and O–H groups in total. The van der Waals surface area contributed by atoms with Crippen LogP contribution < -0.4 is 4.74 Å². The fourth-order valence-electron chi connectivity index (χ4n) is 1.84. The molecule has 0 saturated carbocycles. The minimum absolute atomic E-state index is 0. The lowest BCUT2D eigenvalue weighted by Crippen LogP contribution is -2.28. The van der Waals surface area contributed by atoms with E-state index in [1.54, 1.807) is 0 Å². The normalized spacial score (nSPS) is 10.2. The van der Waals surface area contributed by atoms with Crippen LogP contribution in [0.2, 0.25) is 0 Å². The Morgan fingerprint density at radius 3 is 2.06 bits per heavy atom. The molecule has 1 aromatic rings. The van der Waals surface area contributed by atoms with Crippen LogP contribution >= 0.6 is 17.0 Å². The predicted octanol–water partition coefficient (Wildman–Crippen LogP) is 3.60. The van der Waals surface area contributed by atoms with Gasteiger partial charge in [-0.25, -0.2) is 0 Å². The zero-order valence-corrected chi connectivity index (χ0v) is 13.0. The van der Waals surface area contributed by atoms with E-state index in [0.717, 1.165) is 32.0 Å². The standard InChI is InChI=1S/C14H23NO.BrH/c1-5-15(6-2)10-11-16-14-12(3)8-7-9-13(14)4;/h7-9H,5-6,10-11H2,1-4H3;1H. The Labute approximate surface area is 116 Å². The minimum Gasteiger partial charge on any atom is -0.492 e. The van der Waals surface area contributed by atoms with E-state index in [1.165, 1.54) is 11.1 Å². The maximum absolute atomic E-state index is 5.86. The maximum atomic E-state index is 5.86. The van der Waals surface area contributed by atoms with Crippen molar-refractivity contribution < 1.29 is 4.74 Å². The van der Waals surface area contributed by atoms with E-state index < -0.39 is 0 Å². The van der Waals surface area contributed by atoms with Gasteiger partial charge in [0.05, 0.1) is 0 Å². The van der Waals surface area contributed by atoms with Gasteiger partial charge in [-0.1, -0.05) is 32.0 Å². The second kappa shape index (κ2) is 8.54. The quantitative estimate of drug-likeness (QED) is 0.796. The molecule has 0 heterocycles. The van der Waals surface area contributed by atoms with Crippen molar-refractivity contribution in [3.8, 4) is 5.75 Å².